The van der Waals surface area contributed by atoms with Crippen LogP contribution in [0.25, 0.3) is 0 Å². The van der Waals surface area contributed by atoms with Gasteiger partial charge in [-0.2, -0.15) is 18.2 Å². The molecule has 0 aliphatic heterocycles. The highest BCUT2D eigenvalue weighted by molar-refractivity contribution is 5.57. The lowest BCUT2D eigenvalue weighted by Crippen LogP contribution is -2.15. The van der Waals surface area contributed by atoms with Gasteiger partial charge in [0, 0.05) is 5.56 Å². The van der Waals surface area contributed by atoms with Crippen molar-refractivity contribution < 1.29 is 28.2 Å². The van der Waals surface area contributed by atoms with Crippen LogP contribution in [0, 0.1) is 0 Å². The minimum atomic E-state index is -4.70. The van der Waals surface area contributed by atoms with E-state index in [9.17, 15) is 28.2 Å². The molecule has 96 valence electrons. The van der Waals surface area contributed by atoms with E-state index in [0.29, 0.717) is 6.07 Å². The van der Waals surface area contributed by atoms with Crippen LogP contribution in [0.4, 0.5) is 13.2 Å². The van der Waals surface area contributed by atoms with Gasteiger partial charge in [0.1, 0.15) is 5.54 Å². The zero-order valence-electron chi connectivity index (χ0n) is 8.95. The number of alkyl halides is 3. The Morgan fingerprint density at radius 1 is 1.28 bits per heavy atom. The molecule has 1 aromatic rings. The molecule has 0 bridgehead atoms. The lowest BCUT2D eigenvalue weighted by Gasteiger charge is -2.18. The molecule has 0 saturated heterocycles. The van der Waals surface area contributed by atoms with Crippen molar-refractivity contribution in [3.8, 4) is 11.5 Å². The molecule has 1 aliphatic rings. The van der Waals surface area contributed by atoms with Gasteiger partial charge in [-0.25, -0.2) is 4.79 Å². The summed E-state index contributed by atoms with van der Waals surface area (Å²) in [5, 5.41) is 18.9. The number of hydrogen-bond acceptors (Lipinski definition) is 4. The summed E-state index contributed by atoms with van der Waals surface area (Å²) in [7, 11) is 0. The molecular weight excluding hydrogens is 251 g/mol. The van der Waals surface area contributed by atoms with Gasteiger partial charge in [0.2, 0.25) is 6.08 Å². The summed E-state index contributed by atoms with van der Waals surface area (Å²) in [6, 6.07) is 1.41. The number of nitrogens with zero attached hydrogens (tertiary/aromatic N) is 1. The monoisotopic (exact) mass is 259 g/mol. The fourth-order valence-electron chi connectivity index (χ4n) is 1.91. The van der Waals surface area contributed by atoms with Gasteiger partial charge in [-0.05, 0) is 25.0 Å². The van der Waals surface area contributed by atoms with Crippen molar-refractivity contribution in [3.63, 3.8) is 0 Å². The molecule has 0 spiro atoms. The zero-order chi connectivity index (χ0) is 13.6. The fourth-order valence-corrected chi connectivity index (χ4v) is 1.91. The lowest BCUT2D eigenvalue weighted by molar-refractivity contribution is -0.138. The molecule has 2 rings (SSSR count). The average molecular weight is 259 g/mol. The van der Waals surface area contributed by atoms with E-state index in [4.69, 9.17) is 0 Å². The number of phenolic OH excluding ortho intramolecular Hbond substituents is 2. The normalized spacial score (nSPS) is 17.1. The largest absolute Gasteiger partial charge is 0.504 e. The molecular formula is C11H8F3NO3. The van der Waals surface area contributed by atoms with E-state index in [1.807, 2.05) is 0 Å². The Hall–Kier alpha value is -2.01. The van der Waals surface area contributed by atoms with Gasteiger partial charge in [-0.15, -0.1) is 0 Å². The second kappa shape index (κ2) is 3.74. The maximum atomic E-state index is 12.8. The third kappa shape index (κ3) is 1.82. The van der Waals surface area contributed by atoms with Gasteiger partial charge in [0.25, 0.3) is 0 Å². The van der Waals surface area contributed by atoms with E-state index < -0.39 is 34.3 Å². The summed E-state index contributed by atoms with van der Waals surface area (Å²) < 4.78 is 38.5. The number of carbonyl (C=O) groups excluding carboxylic acids is 1. The first kappa shape index (κ1) is 12.4. The van der Waals surface area contributed by atoms with Crippen molar-refractivity contribution in [2.45, 2.75) is 24.6 Å². The number of phenols is 2. The van der Waals surface area contributed by atoms with Crippen LogP contribution in [0.3, 0.4) is 0 Å². The van der Waals surface area contributed by atoms with Crippen LogP contribution in [0.2, 0.25) is 0 Å². The van der Waals surface area contributed by atoms with E-state index in [2.05, 4.69) is 4.99 Å². The molecule has 1 saturated carbocycles. The quantitative estimate of drug-likeness (QED) is 0.487. The highest BCUT2D eigenvalue weighted by Gasteiger charge is 2.52. The first-order valence-corrected chi connectivity index (χ1v) is 5.03. The van der Waals surface area contributed by atoms with Gasteiger partial charge < -0.3 is 10.2 Å². The molecule has 0 amide bonds. The minimum absolute atomic E-state index is 0.197. The number of benzene rings is 1. The predicted octanol–water partition coefficient (Wildman–Crippen LogP) is 2.44. The molecule has 0 heterocycles. The van der Waals surface area contributed by atoms with E-state index in [1.54, 1.807) is 0 Å². The molecule has 7 heteroatoms. The summed E-state index contributed by atoms with van der Waals surface area (Å²) in [6.45, 7) is 0. The Balaban J connectivity index is 2.71. The molecule has 0 atom stereocenters. The predicted molar refractivity (Wildman–Crippen MR) is 53.8 cm³/mol. The smallest absolute Gasteiger partial charge is 0.416 e. The van der Waals surface area contributed by atoms with Gasteiger partial charge in [-0.1, -0.05) is 0 Å². The van der Waals surface area contributed by atoms with Gasteiger partial charge in [0.15, 0.2) is 11.5 Å². The van der Waals surface area contributed by atoms with Crippen LogP contribution in [0.1, 0.15) is 24.0 Å². The summed E-state index contributed by atoms with van der Waals surface area (Å²) in [5.41, 5.74) is -3.07. The Bertz CT molecular complexity index is 543. The molecule has 18 heavy (non-hydrogen) atoms. The van der Waals surface area contributed by atoms with Crippen LogP contribution in [-0.2, 0) is 16.5 Å². The standard InChI is InChI=1S/C11H8F3NO3/c12-11(13,14)6-1-2-7(17)9(18)8(6)10(3-4-10)15-5-16/h1-2,17-18H,3-4H2. The maximum absolute atomic E-state index is 12.8. The van der Waals surface area contributed by atoms with Crippen LogP contribution in [0.5, 0.6) is 11.5 Å². The molecule has 1 aliphatic carbocycles. The van der Waals surface area contributed by atoms with Crippen molar-refractivity contribution in [2.75, 3.05) is 0 Å². The van der Waals surface area contributed by atoms with Crippen molar-refractivity contribution in [1.29, 1.82) is 0 Å². The first-order chi connectivity index (χ1) is 8.32. The second-order valence-electron chi connectivity index (χ2n) is 4.09. The van der Waals surface area contributed by atoms with E-state index in [0.717, 1.165) is 6.07 Å². The molecule has 0 aromatic heterocycles. The summed E-state index contributed by atoms with van der Waals surface area (Å²) in [6.07, 6.45) is -3.10. The topological polar surface area (TPSA) is 69.9 Å². The summed E-state index contributed by atoms with van der Waals surface area (Å²) in [4.78, 5) is 13.6. The average Bonchev–Trinajstić information content (AvgIpc) is 3.01. The van der Waals surface area contributed by atoms with Crippen molar-refractivity contribution in [2.24, 2.45) is 4.99 Å². The number of hydrogen-bond donors (Lipinski definition) is 2. The molecule has 1 aromatic carbocycles. The van der Waals surface area contributed by atoms with Crippen LogP contribution < -0.4 is 0 Å². The Morgan fingerprint density at radius 3 is 2.33 bits per heavy atom. The van der Waals surface area contributed by atoms with Crippen LogP contribution >= 0.6 is 0 Å². The SMILES string of the molecule is O=C=NC1(c2c(C(F)(F)F)ccc(O)c2O)CC1. The molecule has 2 N–H and O–H groups in total. The highest BCUT2D eigenvalue weighted by atomic mass is 19.4. The van der Waals surface area contributed by atoms with E-state index >= 15 is 0 Å². The van der Waals surface area contributed by atoms with Crippen molar-refractivity contribution in [1.82, 2.24) is 0 Å². The number of aromatic hydroxyl groups is 2. The molecule has 0 radical (unpaired) electrons. The van der Waals surface area contributed by atoms with Gasteiger partial charge >= 0.3 is 6.18 Å². The summed E-state index contributed by atoms with van der Waals surface area (Å²) in [5.74, 6) is -1.56. The third-order valence-electron chi connectivity index (χ3n) is 2.91. The zero-order valence-corrected chi connectivity index (χ0v) is 8.95. The number of halogens is 3. The molecule has 4 nitrogen and oxygen atoms in total. The van der Waals surface area contributed by atoms with Crippen molar-refractivity contribution in [3.05, 3.63) is 23.3 Å². The third-order valence-corrected chi connectivity index (χ3v) is 2.91. The Kier molecular flexibility index (Phi) is 2.59. The first-order valence-electron chi connectivity index (χ1n) is 5.03. The lowest BCUT2D eigenvalue weighted by atomic mass is 9.96. The number of rotatable bonds is 2. The fraction of sp³-hybridized carbons (Fsp3) is 0.364. The molecule has 0 unspecified atom stereocenters. The Morgan fingerprint density at radius 2 is 1.89 bits per heavy atom. The highest BCUT2D eigenvalue weighted by Crippen LogP contribution is 2.57. The number of isocyanates is 1. The van der Waals surface area contributed by atoms with Crippen molar-refractivity contribution >= 4 is 6.08 Å². The van der Waals surface area contributed by atoms with Gasteiger partial charge in [0.05, 0.1) is 5.56 Å². The van der Waals surface area contributed by atoms with Gasteiger partial charge in [-0.3, -0.25) is 0 Å². The maximum Gasteiger partial charge on any atom is 0.416 e. The van der Waals surface area contributed by atoms with E-state index in [1.165, 1.54) is 6.08 Å². The second-order valence-corrected chi connectivity index (χ2v) is 4.09. The van der Waals surface area contributed by atoms with Crippen LogP contribution in [-0.4, -0.2) is 16.3 Å². The van der Waals surface area contributed by atoms with E-state index in [-0.39, 0.29) is 12.8 Å². The summed E-state index contributed by atoms with van der Waals surface area (Å²) >= 11 is 0. The molecule has 1 fully saturated rings. The Labute approximate surface area is 99.4 Å². The number of aliphatic imine (C=N–C) groups is 1. The minimum Gasteiger partial charge on any atom is -0.504 e. The van der Waals surface area contributed by atoms with Crippen LogP contribution in [0.15, 0.2) is 17.1 Å².